The Balaban J connectivity index is 2.00. The van der Waals surface area contributed by atoms with Crippen LogP contribution in [0.2, 0.25) is 0 Å². The highest BCUT2D eigenvalue weighted by atomic mass is 16.7. The van der Waals surface area contributed by atoms with Gasteiger partial charge in [-0.05, 0) is 27.2 Å². The maximum Gasteiger partial charge on any atom is 0.162 e. The molecule has 2 aliphatic rings. The normalized spacial score (nSPS) is 41.9. The third kappa shape index (κ3) is 2.74. The standard InChI is InChI=1S/C13H22O5/c1-12(2)17-6-8(7-18-12)9-4-11(15)13(3,16)5-10(9)14/h8-9,11,15-16H,4-7H2,1-3H3/t9-,11+,13-/m1/s1. The summed E-state index contributed by atoms with van der Waals surface area (Å²) in [6, 6.07) is 0. The van der Waals surface area contributed by atoms with Crippen molar-refractivity contribution in [1.82, 2.24) is 0 Å². The van der Waals surface area contributed by atoms with E-state index in [1.165, 1.54) is 6.92 Å². The van der Waals surface area contributed by atoms with Gasteiger partial charge in [0.15, 0.2) is 5.79 Å². The first-order valence-corrected chi connectivity index (χ1v) is 6.42. The molecule has 0 spiro atoms. The molecule has 0 aromatic rings. The molecule has 1 saturated heterocycles. The molecule has 2 N–H and O–H groups in total. The molecule has 0 bridgehead atoms. The Morgan fingerprint density at radius 1 is 1.22 bits per heavy atom. The number of hydrogen-bond donors (Lipinski definition) is 2. The van der Waals surface area contributed by atoms with Gasteiger partial charge in [0.1, 0.15) is 5.78 Å². The molecule has 18 heavy (non-hydrogen) atoms. The van der Waals surface area contributed by atoms with Crippen LogP contribution in [-0.2, 0) is 14.3 Å². The zero-order valence-corrected chi connectivity index (χ0v) is 11.2. The molecule has 5 heteroatoms. The molecule has 0 aromatic carbocycles. The van der Waals surface area contributed by atoms with E-state index in [4.69, 9.17) is 9.47 Å². The summed E-state index contributed by atoms with van der Waals surface area (Å²) in [6.45, 7) is 6.09. The van der Waals surface area contributed by atoms with Crippen LogP contribution in [0.3, 0.4) is 0 Å². The molecule has 1 saturated carbocycles. The number of rotatable bonds is 1. The summed E-state index contributed by atoms with van der Waals surface area (Å²) in [4.78, 5) is 12.0. The van der Waals surface area contributed by atoms with Crippen LogP contribution in [0.5, 0.6) is 0 Å². The molecule has 0 unspecified atom stereocenters. The summed E-state index contributed by atoms with van der Waals surface area (Å²) < 4.78 is 11.1. The number of carbonyl (C=O) groups excluding carboxylic acids is 1. The SMILES string of the molecule is CC1(C)OCC([C@H]2C[C@H](O)[C@](C)(O)CC2=O)CO1. The third-order valence-electron chi connectivity index (χ3n) is 4.00. The molecule has 3 atom stereocenters. The van der Waals surface area contributed by atoms with E-state index in [0.717, 1.165) is 0 Å². The van der Waals surface area contributed by atoms with Crippen molar-refractivity contribution in [2.75, 3.05) is 13.2 Å². The maximum absolute atomic E-state index is 12.0. The highest BCUT2D eigenvalue weighted by molar-refractivity contribution is 5.83. The quantitative estimate of drug-likeness (QED) is 0.715. The number of carbonyl (C=O) groups is 1. The Morgan fingerprint density at radius 2 is 1.78 bits per heavy atom. The minimum absolute atomic E-state index is 0.00126. The van der Waals surface area contributed by atoms with Gasteiger partial charge < -0.3 is 19.7 Å². The van der Waals surface area contributed by atoms with Crippen LogP contribution in [0, 0.1) is 11.8 Å². The zero-order valence-electron chi connectivity index (χ0n) is 11.2. The Kier molecular flexibility index (Phi) is 3.53. The third-order valence-corrected chi connectivity index (χ3v) is 4.00. The van der Waals surface area contributed by atoms with Gasteiger partial charge in [0.2, 0.25) is 0 Å². The lowest BCUT2D eigenvalue weighted by Crippen LogP contribution is -2.52. The van der Waals surface area contributed by atoms with Gasteiger partial charge in [-0.15, -0.1) is 0 Å². The van der Waals surface area contributed by atoms with Gasteiger partial charge in [0.25, 0.3) is 0 Å². The lowest BCUT2D eigenvalue weighted by Gasteiger charge is -2.42. The average Bonchev–Trinajstić information content (AvgIpc) is 2.23. The lowest BCUT2D eigenvalue weighted by molar-refractivity contribution is -0.269. The van der Waals surface area contributed by atoms with Crippen LogP contribution in [0.4, 0.5) is 0 Å². The van der Waals surface area contributed by atoms with Crippen molar-refractivity contribution < 1.29 is 24.5 Å². The molecule has 5 nitrogen and oxygen atoms in total. The molecule has 2 rings (SSSR count). The second kappa shape index (κ2) is 4.56. The highest BCUT2D eigenvalue weighted by Crippen LogP contribution is 2.36. The molecule has 2 fully saturated rings. The fourth-order valence-electron chi connectivity index (χ4n) is 2.62. The van der Waals surface area contributed by atoms with E-state index in [1.54, 1.807) is 0 Å². The first kappa shape index (κ1) is 13.9. The summed E-state index contributed by atoms with van der Waals surface area (Å²) in [5, 5.41) is 19.8. The molecular formula is C13H22O5. The first-order chi connectivity index (χ1) is 8.21. The number of aliphatic hydroxyl groups is 2. The number of ketones is 1. The van der Waals surface area contributed by atoms with Crippen molar-refractivity contribution in [3.63, 3.8) is 0 Å². The van der Waals surface area contributed by atoms with Crippen LogP contribution in [-0.4, -0.2) is 46.7 Å². The van der Waals surface area contributed by atoms with Gasteiger partial charge in [-0.2, -0.15) is 0 Å². The largest absolute Gasteiger partial charge is 0.390 e. The van der Waals surface area contributed by atoms with E-state index in [1.807, 2.05) is 13.8 Å². The number of hydrogen-bond acceptors (Lipinski definition) is 5. The molecule has 1 heterocycles. The van der Waals surface area contributed by atoms with E-state index in [2.05, 4.69) is 0 Å². The van der Waals surface area contributed by atoms with E-state index >= 15 is 0 Å². The van der Waals surface area contributed by atoms with Crippen LogP contribution < -0.4 is 0 Å². The van der Waals surface area contributed by atoms with Crippen LogP contribution >= 0.6 is 0 Å². The monoisotopic (exact) mass is 258 g/mol. The van der Waals surface area contributed by atoms with Gasteiger partial charge in [-0.1, -0.05) is 0 Å². The highest BCUT2D eigenvalue weighted by Gasteiger charge is 2.46. The van der Waals surface area contributed by atoms with Gasteiger partial charge in [-0.3, -0.25) is 4.79 Å². The molecule has 0 radical (unpaired) electrons. The Morgan fingerprint density at radius 3 is 2.33 bits per heavy atom. The molecular weight excluding hydrogens is 236 g/mol. The predicted octanol–water partition coefficient (Wildman–Crippen LogP) is 0.476. The molecule has 104 valence electrons. The fraction of sp³-hybridized carbons (Fsp3) is 0.923. The minimum Gasteiger partial charge on any atom is -0.390 e. The maximum atomic E-state index is 12.0. The van der Waals surface area contributed by atoms with Crippen LogP contribution in [0.1, 0.15) is 33.6 Å². The van der Waals surface area contributed by atoms with E-state index in [0.29, 0.717) is 13.2 Å². The van der Waals surface area contributed by atoms with Gasteiger partial charge >= 0.3 is 0 Å². The first-order valence-electron chi connectivity index (χ1n) is 6.42. The van der Waals surface area contributed by atoms with E-state index < -0.39 is 17.5 Å². The zero-order chi connectivity index (χ0) is 13.6. The summed E-state index contributed by atoms with van der Waals surface area (Å²) in [6.07, 6.45) is -0.585. The number of Topliss-reactive ketones (excluding diaryl/α,β-unsaturated/α-hetero) is 1. The van der Waals surface area contributed by atoms with E-state index in [-0.39, 0.29) is 30.5 Å². The number of aliphatic hydroxyl groups excluding tert-OH is 1. The van der Waals surface area contributed by atoms with E-state index in [9.17, 15) is 15.0 Å². The van der Waals surface area contributed by atoms with Crippen molar-refractivity contribution >= 4 is 5.78 Å². The van der Waals surface area contributed by atoms with Crippen molar-refractivity contribution in [2.24, 2.45) is 11.8 Å². The Labute approximate surface area is 107 Å². The van der Waals surface area contributed by atoms with Gasteiger partial charge in [0, 0.05) is 18.3 Å². The summed E-state index contributed by atoms with van der Waals surface area (Å²) >= 11 is 0. The van der Waals surface area contributed by atoms with Crippen molar-refractivity contribution in [3.05, 3.63) is 0 Å². The van der Waals surface area contributed by atoms with Gasteiger partial charge in [0.05, 0.1) is 24.9 Å². The Hall–Kier alpha value is -0.490. The topological polar surface area (TPSA) is 76.0 Å². The predicted molar refractivity (Wildman–Crippen MR) is 63.8 cm³/mol. The van der Waals surface area contributed by atoms with Crippen LogP contribution in [0.25, 0.3) is 0 Å². The Bertz CT molecular complexity index is 326. The van der Waals surface area contributed by atoms with Crippen molar-refractivity contribution in [3.8, 4) is 0 Å². The average molecular weight is 258 g/mol. The van der Waals surface area contributed by atoms with Gasteiger partial charge in [-0.25, -0.2) is 0 Å². The smallest absolute Gasteiger partial charge is 0.162 e. The van der Waals surface area contributed by atoms with Crippen molar-refractivity contribution in [2.45, 2.75) is 51.1 Å². The molecule has 0 aromatic heterocycles. The van der Waals surface area contributed by atoms with Crippen LogP contribution in [0.15, 0.2) is 0 Å². The summed E-state index contributed by atoms with van der Waals surface area (Å²) in [7, 11) is 0. The summed E-state index contributed by atoms with van der Waals surface area (Å²) in [5.74, 6) is -0.923. The molecule has 1 aliphatic carbocycles. The minimum atomic E-state index is -1.30. The number of ether oxygens (including phenoxy) is 2. The lowest BCUT2D eigenvalue weighted by atomic mass is 9.72. The summed E-state index contributed by atoms with van der Waals surface area (Å²) in [5.41, 5.74) is -1.30. The second-order valence-electron chi connectivity index (χ2n) is 6.14. The van der Waals surface area contributed by atoms with Crippen molar-refractivity contribution in [1.29, 1.82) is 0 Å². The fourth-order valence-corrected chi connectivity index (χ4v) is 2.62. The second-order valence-corrected chi connectivity index (χ2v) is 6.14. The molecule has 0 amide bonds. The molecule has 1 aliphatic heterocycles.